The van der Waals surface area contributed by atoms with Gasteiger partial charge in [0.15, 0.2) is 0 Å². The molecule has 3 aromatic rings. The van der Waals surface area contributed by atoms with Crippen molar-refractivity contribution in [2.24, 2.45) is 5.73 Å². The van der Waals surface area contributed by atoms with Crippen LogP contribution in [0.1, 0.15) is 11.3 Å². The lowest BCUT2D eigenvalue weighted by Crippen LogP contribution is -2.10. The van der Waals surface area contributed by atoms with Crippen LogP contribution in [0.15, 0.2) is 54.9 Å². The van der Waals surface area contributed by atoms with E-state index in [9.17, 15) is 0 Å². The molecule has 0 amide bonds. The summed E-state index contributed by atoms with van der Waals surface area (Å²) in [5.41, 5.74) is 7.85. The van der Waals surface area contributed by atoms with Crippen molar-refractivity contribution in [2.45, 2.75) is 6.61 Å². The van der Waals surface area contributed by atoms with Gasteiger partial charge in [0.05, 0.1) is 5.69 Å². The van der Waals surface area contributed by atoms with E-state index in [0.29, 0.717) is 17.9 Å². The lowest BCUT2D eigenvalue weighted by atomic mass is 10.2. The number of nitrogens with one attached hydrogen (secondary N) is 1. The number of nitrogens with zero attached hydrogens (tertiary/aromatic N) is 2. The number of rotatable bonds is 4. The summed E-state index contributed by atoms with van der Waals surface area (Å²) in [4.78, 5) is 4.46. The van der Waals surface area contributed by atoms with E-state index in [0.717, 1.165) is 11.3 Å². The predicted octanol–water partition coefficient (Wildman–Crippen LogP) is 2.20. The Morgan fingerprint density at radius 3 is 2.95 bits per heavy atom. The molecule has 0 aliphatic heterocycles. The van der Waals surface area contributed by atoms with E-state index in [1.165, 1.54) is 0 Å². The standard InChI is InChI=1S/C15H14N4O/c16-15(17)11-4-3-5-13(8-11)20-10-12-9-19-7-2-1-6-14(19)18-12/h1-9H,10H2,(H3,16,17). The number of nitrogens with two attached hydrogens (primary N) is 1. The highest BCUT2D eigenvalue weighted by atomic mass is 16.5. The monoisotopic (exact) mass is 266 g/mol. The molecule has 0 aliphatic rings. The minimum atomic E-state index is 0.0307. The molecule has 2 aromatic heterocycles. The molecule has 3 N–H and O–H groups in total. The van der Waals surface area contributed by atoms with Crippen molar-refractivity contribution in [3.63, 3.8) is 0 Å². The summed E-state index contributed by atoms with van der Waals surface area (Å²) in [6, 6.07) is 13.0. The first-order valence-electron chi connectivity index (χ1n) is 6.22. The third-order valence-electron chi connectivity index (χ3n) is 2.95. The molecule has 0 saturated heterocycles. The first kappa shape index (κ1) is 12.2. The number of imidazole rings is 1. The average molecular weight is 266 g/mol. The number of pyridine rings is 1. The molecule has 0 atom stereocenters. The second kappa shape index (κ2) is 5.05. The number of nitrogen functional groups attached to an aromatic ring is 1. The molecule has 0 radical (unpaired) electrons. The van der Waals surface area contributed by atoms with Gasteiger partial charge in [-0.25, -0.2) is 4.98 Å². The van der Waals surface area contributed by atoms with E-state index in [2.05, 4.69) is 4.98 Å². The molecule has 100 valence electrons. The highest BCUT2D eigenvalue weighted by Gasteiger charge is 2.03. The van der Waals surface area contributed by atoms with Gasteiger partial charge in [-0.05, 0) is 24.3 Å². The van der Waals surface area contributed by atoms with Gasteiger partial charge in [-0.1, -0.05) is 18.2 Å². The van der Waals surface area contributed by atoms with E-state index in [4.69, 9.17) is 15.9 Å². The Morgan fingerprint density at radius 2 is 2.15 bits per heavy atom. The molecule has 5 nitrogen and oxygen atoms in total. The number of benzene rings is 1. The number of hydrogen-bond donors (Lipinski definition) is 2. The molecule has 0 aliphatic carbocycles. The third-order valence-corrected chi connectivity index (χ3v) is 2.95. The maximum atomic E-state index is 7.41. The van der Waals surface area contributed by atoms with Crippen LogP contribution in [0.4, 0.5) is 0 Å². The summed E-state index contributed by atoms with van der Waals surface area (Å²) < 4.78 is 7.63. The largest absolute Gasteiger partial charge is 0.487 e. The molecule has 5 heteroatoms. The zero-order valence-electron chi connectivity index (χ0n) is 10.8. The normalized spacial score (nSPS) is 10.6. The van der Waals surface area contributed by atoms with Crippen molar-refractivity contribution in [2.75, 3.05) is 0 Å². The van der Waals surface area contributed by atoms with Crippen molar-refractivity contribution in [3.8, 4) is 5.75 Å². The van der Waals surface area contributed by atoms with Gasteiger partial charge >= 0.3 is 0 Å². The zero-order chi connectivity index (χ0) is 13.9. The van der Waals surface area contributed by atoms with Crippen molar-refractivity contribution < 1.29 is 4.74 Å². The summed E-state index contributed by atoms with van der Waals surface area (Å²) in [7, 11) is 0. The molecule has 0 fully saturated rings. The number of fused-ring (bicyclic) bond motifs is 1. The van der Waals surface area contributed by atoms with Gasteiger partial charge < -0.3 is 14.9 Å². The Balaban J connectivity index is 1.75. The summed E-state index contributed by atoms with van der Waals surface area (Å²) in [6.07, 6.45) is 3.88. The van der Waals surface area contributed by atoms with Crippen LogP contribution in [0.5, 0.6) is 5.75 Å². The van der Waals surface area contributed by atoms with Crippen molar-refractivity contribution >= 4 is 11.5 Å². The number of aromatic nitrogens is 2. The number of ether oxygens (including phenoxy) is 1. The van der Waals surface area contributed by atoms with Crippen LogP contribution < -0.4 is 10.5 Å². The highest BCUT2D eigenvalue weighted by molar-refractivity contribution is 5.95. The topological polar surface area (TPSA) is 76.4 Å². The van der Waals surface area contributed by atoms with Crippen LogP contribution in [0.2, 0.25) is 0 Å². The molecule has 3 rings (SSSR count). The van der Waals surface area contributed by atoms with E-state index < -0.39 is 0 Å². The molecule has 2 heterocycles. The number of amidine groups is 1. The van der Waals surface area contributed by atoms with Crippen LogP contribution in [0.3, 0.4) is 0 Å². The molecule has 0 saturated carbocycles. The molecule has 0 bridgehead atoms. The Labute approximate surface area is 116 Å². The van der Waals surface area contributed by atoms with E-state index in [1.807, 2.05) is 47.1 Å². The van der Waals surface area contributed by atoms with Gasteiger partial charge in [0.1, 0.15) is 23.8 Å². The van der Waals surface area contributed by atoms with Gasteiger partial charge in [0.25, 0.3) is 0 Å². The molecule has 1 aromatic carbocycles. The van der Waals surface area contributed by atoms with Gasteiger partial charge in [-0.3, -0.25) is 5.41 Å². The Kier molecular flexibility index (Phi) is 3.09. The second-order valence-electron chi connectivity index (χ2n) is 4.43. The van der Waals surface area contributed by atoms with Crippen molar-refractivity contribution in [1.82, 2.24) is 9.38 Å². The van der Waals surface area contributed by atoms with Crippen molar-refractivity contribution in [1.29, 1.82) is 5.41 Å². The smallest absolute Gasteiger partial charge is 0.137 e. The third kappa shape index (κ3) is 2.47. The highest BCUT2D eigenvalue weighted by Crippen LogP contribution is 2.15. The van der Waals surface area contributed by atoms with Crippen LogP contribution in [-0.4, -0.2) is 15.2 Å². The first-order chi connectivity index (χ1) is 9.72. The molecular weight excluding hydrogens is 252 g/mol. The average Bonchev–Trinajstić information content (AvgIpc) is 2.88. The fourth-order valence-electron chi connectivity index (χ4n) is 1.97. The van der Waals surface area contributed by atoms with Gasteiger partial charge in [0.2, 0.25) is 0 Å². The summed E-state index contributed by atoms with van der Waals surface area (Å²) in [5.74, 6) is 0.706. The SMILES string of the molecule is N=C(N)c1cccc(OCc2cn3ccccc3n2)c1. The minimum absolute atomic E-state index is 0.0307. The van der Waals surface area contributed by atoms with Crippen LogP contribution in [0, 0.1) is 5.41 Å². The maximum Gasteiger partial charge on any atom is 0.137 e. The number of hydrogen-bond acceptors (Lipinski definition) is 3. The van der Waals surface area contributed by atoms with Gasteiger partial charge in [-0.15, -0.1) is 0 Å². The summed E-state index contributed by atoms with van der Waals surface area (Å²) >= 11 is 0. The lowest BCUT2D eigenvalue weighted by Gasteiger charge is -2.05. The summed E-state index contributed by atoms with van der Waals surface area (Å²) in [5, 5.41) is 7.41. The van der Waals surface area contributed by atoms with E-state index >= 15 is 0 Å². The minimum Gasteiger partial charge on any atom is -0.487 e. The Morgan fingerprint density at radius 1 is 1.25 bits per heavy atom. The molecule has 0 unspecified atom stereocenters. The maximum absolute atomic E-state index is 7.41. The van der Waals surface area contributed by atoms with Crippen LogP contribution in [0.25, 0.3) is 5.65 Å². The van der Waals surface area contributed by atoms with Gasteiger partial charge in [-0.2, -0.15) is 0 Å². The molecule has 20 heavy (non-hydrogen) atoms. The lowest BCUT2D eigenvalue weighted by molar-refractivity contribution is 0.302. The van der Waals surface area contributed by atoms with Gasteiger partial charge in [0, 0.05) is 18.0 Å². The Hall–Kier alpha value is -2.82. The van der Waals surface area contributed by atoms with E-state index in [1.54, 1.807) is 12.1 Å². The molecular formula is C15H14N4O. The molecule has 0 spiro atoms. The quantitative estimate of drug-likeness (QED) is 0.561. The van der Waals surface area contributed by atoms with Crippen LogP contribution >= 0.6 is 0 Å². The predicted molar refractivity (Wildman–Crippen MR) is 77.0 cm³/mol. The Bertz CT molecular complexity index is 730. The first-order valence-corrected chi connectivity index (χ1v) is 6.22. The fourth-order valence-corrected chi connectivity index (χ4v) is 1.97. The summed E-state index contributed by atoms with van der Waals surface area (Å²) in [6.45, 7) is 0.378. The van der Waals surface area contributed by atoms with Crippen molar-refractivity contribution in [3.05, 3.63) is 66.1 Å². The zero-order valence-corrected chi connectivity index (χ0v) is 10.8. The fraction of sp³-hybridized carbons (Fsp3) is 0.0667. The van der Waals surface area contributed by atoms with E-state index in [-0.39, 0.29) is 5.84 Å². The second-order valence-corrected chi connectivity index (χ2v) is 4.43. The van der Waals surface area contributed by atoms with Crippen LogP contribution in [-0.2, 0) is 6.61 Å².